The number of para-hydroxylation sites is 2. The SMILES string of the molecule is CC(C)CCn1c(CN2CCCC(O)(CO)CC2)nc2ccccc21. The number of imidazole rings is 1. The van der Waals surface area contributed by atoms with Crippen LogP contribution in [-0.4, -0.2) is 50.0 Å². The van der Waals surface area contributed by atoms with Crippen LogP contribution in [0.5, 0.6) is 0 Å². The Bertz CT molecular complexity index is 697. The van der Waals surface area contributed by atoms with E-state index in [2.05, 4.69) is 41.5 Å². The van der Waals surface area contributed by atoms with Gasteiger partial charge in [0.05, 0.1) is 29.8 Å². The minimum Gasteiger partial charge on any atom is -0.393 e. The first-order chi connectivity index (χ1) is 12.0. The van der Waals surface area contributed by atoms with Crippen molar-refractivity contribution in [3.63, 3.8) is 0 Å². The lowest BCUT2D eigenvalue weighted by atomic mass is 9.96. The van der Waals surface area contributed by atoms with E-state index in [9.17, 15) is 10.2 Å². The van der Waals surface area contributed by atoms with E-state index < -0.39 is 5.60 Å². The van der Waals surface area contributed by atoms with E-state index >= 15 is 0 Å². The Kier molecular flexibility index (Phi) is 5.77. The van der Waals surface area contributed by atoms with E-state index in [-0.39, 0.29) is 6.61 Å². The normalized spacial score (nSPS) is 22.6. The van der Waals surface area contributed by atoms with Crippen LogP contribution in [0.1, 0.15) is 45.4 Å². The first-order valence-electron chi connectivity index (χ1n) is 9.50. The molecule has 1 atom stereocenters. The van der Waals surface area contributed by atoms with Crippen LogP contribution in [0.25, 0.3) is 11.0 Å². The summed E-state index contributed by atoms with van der Waals surface area (Å²) in [4.78, 5) is 7.24. The van der Waals surface area contributed by atoms with Gasteiger partial charge in [-0.2, -0.15) is 0 Å². The van der Waals surface area contributed by atoms with Gasteiger partial charge in [-0.25, -0.2) is 4.98 Å². The van der Waals surface area contributed by atoms with Gasteiger partial charge in [-0.1, -0.05) is 26.0 Å². The second-order valence-electron chi connectivity index (χ2n) is 7.86. The molecule has 138 valence electrons. The Morgan fingerprint density at radius 2 is 2.00 bits per heavy atom. The number of likely N-dealkylation sites (tertiary alicyclic amines) is 1. The van der Waals surface area contributed by atoms with E-state index in [0.717, 1.165) is 50.4 Å². The molecule has 0 radical (unpaired) electrons. The molecule has 0 amide bonds. The minimum atomic E-state index is -0.910. The summed E-state index contributed by atoms with van der Waals surface area (Å²) in [7, 11) is 0. The van der Waals surface area contributed by atoms with Gasteiger partial charge in [0.15, 0.2) is 0 Å². The van der Waals surface area contributed by atoms with E-state index in [0.29, 0.717) is 18.8 Å². The number of benzene rings is 1. The highest BCUT2D eigenvalue weighted by Crippen LogP contribution is 2.24. The average molecular weight is 345 g/mol. The van der Waals surface area contributed by atoms with Crippen LogP contribution in [0, 0.1) is 5.92 Å². The van der Waals surface area contributed by atoms with Gasteiger partial charge in [0.25, 0.3) is 0 Å². The molecule has 2 N–H and O–H groups in total. The maximum Gasteiger partial charge on any atom is 0.124 e. The zero-order valence-electron chi connectivity index (χ0n) is 15.5. The average Bonchev–Trinajstić information content (AvgIpc) is 2.83. The van der Waals surface area contributed by atoms with Crippen molar-refractivity contribution >= 4 is 11.0 Å². The first kappa shape index (κ1) is 18.4. The number of aryl methyl sites for hydroxylation is 1. The van der Waals surface area contributed by atoms with Gasteiger partial charge in [-0.3, -0.25) is 4.90 Å². The number of hydrogen-bond donors (Lipinski definition) is 2. The molecule has 1 fully saturated rings. The van der Waals surface area contributed by atoms with Crippen LogP contribution in [0.3, 0.4) is 0 Å². The van der Waals surface area contributed by atoms with Crippen LogP contribution >= 0.6 is 0 Å². The van der Waals surface area contributed by atoms with Crippen molar-refractivity contribution in [3.05, 3.63) is 30.1 Å². The molecule has 2 heterocycles. The third-order valence-electron chi connectivity index (χ3n) is 5.33. The number of fused-ring (bicyclic) bond motifs is 1. The molecule has 0 spiro atoms. The molecule has 1 aromatic carbocycles. The zero-order valence-corrected chi connectivity index (χ0v) is 15.5. The highest BCUT2D eigenvalue weighted by molar-refractivity contribution is 5.75. The molecule has 1 saturated heterocycles. The third kappa shape index (κ3) is 4.40. The van der Waals surface area contributed by atoms with E-state index in [1.165, 1.54) is 5.52 Å². The Hall–Kier alpha value is -1.43. The Balaban J connectivity index is 1.79. The van der Waals surface area contributed by atoms with Crippen molar-refractivity contribution in [2.24, 2.45) is 5.92 Å². The number of aromatic nitrogens is 2. The van der Waals surface area contributed by atoms with Crippen molar-refractivity contribution in [2.45, 2.75) is 58.2 Å². The quantitative estimate of drug-likeness (QED) is 0.845. The molecule has 1 unspecified atom stereocenters. The molecule has 5 nitrogen and oxygen atoms in total. The summed E-state index contributed by atoms with van der Waals surface area (Å²) in [6, 6.07) is 8.35. The lowest BCUT2D eigenvalue weighted by Gasteiger charge is -2.24. The fourth-order valence-corrected chi connectivity index (χ4v) is 3.63. The van der Waals surface area contributed by atoms with Crippen LogP contribution in [0.2, 0.25) is 0 Å². The Morgan fingerprint density at radius 1 is 1.20 bits per heavy atom. The van der Waals surface area contributed by atoms with Crippen molar-refractivity contribution in [2.75, 3.05) is 19.7 Å². The van der Waals surface area contributed by atoms with Crippen molar-refractivity contribution in [3.8, 4) is 0 Å². The number of rotatable bonds is 6. The first-order valence-corrected chi connectivity index (χ1v) is 9.50. The Morgan fingerprint density at radius 3 is 2.76 bits per heavy atom. The molecule has 1 aromatic heterocycles. The fourth-order valence-electron chi connectivity index (χ4n) is 3.63. The lowest BCUT2D eigenvalue weighted by Crippen LogP contribution is -2.34. The lowest BCUT2D eigenvalue weighted by molar-refractivity contribution is -0.0256. The van der Waals surface area contributed by atoms with Gasteiger partial charge in [-0.05, 0) is 50.3 Å². The number of nitrogens with zero attached hydrogens (tertiary/aromatic N) is 3. The number of aliphatic hydroxyl groups is 2. The third-order valence-corrected chi connectivity index (χ3v) is 5.33. The van der Waals surface area contributed by atoms with Gasteiger partial charge >= 0.3 is 0 Å². The maximum atomic E-state index is 10.4. The van der Waals surface area contributed by atoms with Gasteiger partial charge in [0.2, 0.25) is 0 Å². The van der Waals surface area contributed by atoms with Gasteiger partial charge < -0.3 is 14.8 Å². The van der Waals surface area contributed by atoms with Crippen LogP contribution in [-0.2, 0) is 13.1 Å². The summed E-state index contributed by atoms with van der Waals surface area (Å²) < 4.78 is 2.36. The second kappa shape index (κ2) is 7.85. The summed E-state index contributed by atoms with van der Waals surface area (Å²) in [5.41, 5.74) is 1.36. The standard InChI is InChI=1S/C20H31N3O2/c1-16(2)8-12-23-18-7-4-3-6-17(18)21-19(23)14-22-11-5-9-20(25,15-24)10-13-22/h3-4,6-7,16,24-25H,5,8-15H2,1-2H3. The van der Waals surface area contributed by atoms with E-state index in [1.807, 2.05) is 6.07 Å². The van der Waals surface area contributed by atoms with Crippen molar-refractivity contribution in [1.29, 1.82) is 0 Å². The van der Waals surface area contributed by atoms with Crippen LogP contribution in [0.15, 0.2) is 24.3 Å². The van der Waals surface area contributed by atoms with Gasteiger partial charge in [-0.15, -0.1) is 0 Å². The summed E-state index contributed by atoms with van der Waals surface area (Å²) in [5, 5.41) is 19.8. The highest BCUT2D eigenvalue weighted by Gasteiger charge is 2.29. The summed E-state index contributed by atoms with van der Waals surface area (Å²) in [6.45, 7) is 7.89. The molecule has 1 aliphatic heterocycles. The van der Waals surface area contributed by atoms with E-state index in [4.69, 9.17) is 4.98 Å². The monoisotopic (exact) mass is 345 g/mol. The largest absolute Gasteiger partial charge is 0.393 e. The second-order valence-corrected chi connectivity index (χ2v) is 7.86. The topological polar surface area (TPSA) is 61.5 Å². The van der Waals surface area contributed by atoms with E-state index in [1.54, 1.807) is 0 Å². The maximum absolute atomic E-state index is 10.4. The van der Waals surface area contributed by atoms with Crippen molar-refractivity contribution < 1.29 is 10.2 Å². The highest BCUT2D eigenvalue weighted by atomic mass is 16.3. The van der Waals surface area contributed by atoms with Crippen LogP contribution in [0.4, 0.5) is 0 Å². The predicted octanol–water partition coefficient (Wildman–Crippen LogP) is 2.79. The number of aliphatic hydroxyl groups excluding tert-OH is 1. The summed E-state index contributed by atoms with van der Waals surface area (Å²) in [5.74, 6) is 1.77. The molecule has 2 aromatic rings. The summed E-state index contributed by atoms with van der Waals surface area (Å²) in [6.07, 6.45) is 3.33. The zero-order chi connectivity index (χ0) is 17.9. The molecule has 3 rings (SSSR count). The molecule has 0 bridgehead atoms. The molecular formula is C20H31N3O2. The predicted molar refractivity (Wildman–Crippen MR) is 100 cm³/mol. The molecule has 0 saturated carbocycles. The van der Waals surface area contributed by atoms with Crippen molar-refractivity contribution in [1.82, 2.24) is 14.5 Å². The molecule has 5 heteroatoms. The molecule has 25 heavy (non-hydrogen) atoms. The summed E-state index contributed by atoms with van der Waals surface area (Å²) >= 11 is 0. The smallest absolute Gasteiger partial charge is 0.124 e. The molecule has 0 aliphatic carbocycles. The number of hydrogen-bond acceptors (Lipinski definition) is 4. The Labute approximate surface area is 150 Å². The minimum absolute atomic E-state index is 0.145. The van der Waals surface area contributed by atoms with Gasteiger partial charge in [0, 0.05) is 13.1 Å². The van der Waals surface area contributed by atoms with Gasteiger partial charge in [0.1, 0.15) is 5.82 Å². The molecule has 1 aliphatic rings. The fraction of sp³-hybridized carbons (Fsp3) is 0.650. The molecular weight excluding hydrogens is 314 g/mol. The van der Waals surface area contributed by atoms with Crippen LogP contribution < -0.4 is 0 Å².